The predicted molar refractivity (Wildman–Crippen MR) is 93.9 cm³/mol. The summed E-state index contributed by atoms with van der Waals surface area (Å²) in [5, 5.41) is 25.1. The minimum Gasteiger partial charge on any atom is -0.378 e. The standard InChI is InChI=1S/C16H24N4O5/c1-11-8-18(9-12(2)25-11)16(3,4)10-17-14-6-5-13(19(21)22)7-15(14)20(23)24/h5-7,11-12,17H,8-10H2,1-4H3. The molecule has 1 N–H and O–H groups in total. The number of hydrogen-bond donors (Lipinski definition) is 1. The zero-order valence-electron chi connectivity index (χ0n) is 14.9. The Kier molecular flexibility index (Phi) is 5.58. The second-order valence-electron chi connectivity index (χ2n) is 7.04. The number of non-ortho nitro benzene ring substituents is 1. The zero-order valence-corrected chi connectivity index (χ0v) is 14.9. The van der Waals surface area contributed by atoms with E-state index in [1.807, 2.05) is 13.8 Å². The molecule has 2 unspecified atom stereocenters. The van der Waals surface area contributed by atoms with E-state index in [1.54, 1.807) is 0 Å². The SMILES string of the molecule is CC1CN(C(C)(C)CNc2ccc([N+](=O)[O-])cc2[N+](=O)[O-])CC(C)O1. The molecule has 1 heterocycles. The van der Waals surface area contributed by atoms with Gasteiger partial charge in [-0.1, -0.05) is 0 Å². The van der Waals surface area contributed by atoms with E-state index in [2.05, 4.69) is 24.1 Å². The van der Waals surface area contributed by atoms with Crippen molar-refractivity contribution in [1.29, 1.82) is 0 Å². The lowest BCUT2D eigenvalue weighted by Gasteiger charge is -2.45. The maximum absolute atomic E-state index is 11.2. The second kappa shape index (κ2) is 7.32. The Morgan fingerprint density at radius 3 is 2.32 bits per heavy atom. The van der Waals surface area contributed by atoms with Crippen LogP contribution in [0.5, 0.6) is 0 Å². The first-order chi connectivity index (χ1) is 11.6. The number of benzene rings is 1. The van der Waals surface area contributed by atoms with E-state index in [0.717, 1.165) is 19.2 Å². The third-order valence-corrected chi connectivity index (χ3v) is 4.38. The Morgan fingerprint density at radius 1 is 1.20 bits per heavy atom. The molecule has 0 aromatic heterocycles. The second-order valence-corrected chi connectivity index (χ2v) is 7.04. The summed E-state index contributed by atoms with van der Waals surface area (Å²) in [7, 11) is 0. The molecule has 138 valence electrons. The van der Waals surface area contributed by atoms with Gasteiger partial charge in [0.1, 0.15) is 5.69 Å². The highest BCUT2D eigenvalue weighted by molar-refractivity contribution is 5.65. The van der Waals surface area contributed by atoms with Gasteiger partial charge in [0.2, 0.25) is 0 Å². The number of nitro benzene ring substituents is 2. The molecule has 2 atom stereocenters. The van der Waals surface area contributed by atoms with E-state index in [9.17, 15) is 20.2 Å². The monoisotopic (exact) mass is 352 g/mol. The average molecular weight is 352 g/mol. The van der Waals surface area contributed by atoms with Gasteiger partial charge in [-0.3, -0.25) is 25.1 Å². The highest BCUT2D eigenvalue weighted by atomic mass is 16.6. The van der Waals surface area contributed by atoms with Crippen LogP contribution in [0.3, 0.4) is 0 Å². The molecule has 1 aromatic carbocycles. The topological polar surface area (TPSA) is 111 Å². The molecule has 1 saturated heterocycles. The third-order valence-electron chi connectivity index (χ3n) is 4.38. The van der Waals surface area contributed by atoms with Crippen LogP contribution < -0.4 is 5.32 Å². The maximum atomic E-state index is 11.2. The molecule has 25 heavy (non-hydrogen) atoms. The Morgan fingerprint density at radius 2 is 1.80 bits per heavy atom. The number of rotatable bonds is 6. The highest BCUT2D eigenvalue weighted by Gasteiger charge is 2.33. The van der Waals surface area contributed by atoms with Gasteiger partial charge in [-0.15, -0.1) is 0 Å². The summed E-state index contributed by atoms with van der Waals surface area (Å²) in [5.74, 6) is 0. The zero-order chi connectivity index (χ0) is 18.8. The molecule has 0 amide bonds. The summed E-state index contributed by atoms with van der Waals surface area (Å²) in [6, 6.07) is 3.63. The van der Waals surface area contributed by atoms with Gasteiger partial charge in [0.25, 0.3) is 11.4 Å². The molecule has 0 radical (unpaired) electrons. The maximum Gasteiger partial charge on any atom is 0.299 e. The smallest absolute Gasteiger partial charge is 0.299 e. The van der Waals surface area contributed by atoms with Gasteiger partial charge < -0.3 is 10.1 Å². The first kappa shape index (κ1) is 19.1. The summed E-state index contributed by atoms with van der Waals surface area (Å²) >= 11 is 0. The Bertz CT molecular complexity index is 654. The Hall–Kier alpha value is -2.26. The quantitative estimate of drug-likeness (QED) is 0.619. The largest absolute Gasteiger partial charge is 0.378 e. The summed E-state index contributed by atoms with van der Waals surface area (Å²) in [6.45, 7) is 10.2. The van der Waals surface area contributed by atoms with Crippen LogP contribution in [0.1, 0.15) is 27.7 Å². The molecule has 0 saturated carbocycles. The minimum atomic E-state index is -0.642. The molecule has 0 aliphatic carbocycles. The molecule has 0 spiro atoms. The van der Waals surface area contributed by atoms with Crippen molar-refractivity contribution in [2.75, 3.05) is 25.0 Å². The number of hydrogen-bond acceptors (Lipinski definition) is 7. The summed E-state index contributed by atoms with van der Waals surface area (Å²) in [5.41, 5.74) is -0.582. The average Bonchev–Trinajstić information content (AvgIpc) is 2.51. The van der Waals surface area contributed by atoms with Crippen LogP contribution in [0.4, 0.5) is 17.1 Å². The van der Waals surface area contributed by atoms with Crippen molar-refractivity contribution in [3.05, 3.63) is 38.4 Å². The van der Waals surface area contributed by atoms with E-state index < -0.39 is 9.85 Å². The third kappa shape index (κ3) is 4.64. The van der Waals surface area contributed by atoms with Gasteiger partial charge >= 0.3 is 0 Å². The Balaban J connectivity index is 2.14. The van der Waals surface area contributed by atoms with Crippen LogP contribution in [-0.2, 0) is 4.74 Å². The highest BCUT2D eigenvalue weighted by Crippen LogP contribution is 2.30. The van der Waals surface area contributed by atoms with Crippen LogP contribution in [-0.4, -0.2) is 52.1 Å². The van der Waals surface area contributed by atoms with Gasteiger partial charge in [-0.25, -0.2) is 0 Å². The minimum absolute atomic E-state index is 0.122. The molecule has 0 bridgehead atoms. The fourth-order valence-electron chi connectivity index (χ4n) is 3.03. The molecule has 1 aliphatic rings. The van der Waals surface area contributed by atoms with Crippen molar-refractivity contribution in [3.63, 3.8) is 0 Å². The fraction of sp³-hybridized carbons (Fsp3) is 0.625. The number of anilines is 1. The van der Waals surface area contributed by atoms with Crippen molar-refractivity contribution >= 4 is 17.1 Å². The number of morpholine rings is 1. The van der Waals surface area contributed by atoms with Gasteiger partial charge in [0.15, 0.2) is 0 Å². The van der Waals surface area contributed by atoms with E-state index in [0.29, 0.717) is 6.54 Å². The molecule has 2 rings (SSSR count). The van der Waals surface area contributed by atoms with E-state index in [4.69, 9.17) is 4.74 Å². The first-order valence-corrected chi connectivity index (χ1v) is 8.17. The van der Waals surface area contributed by atoms with Crippen molar-refractivity contribution in [2.45, 2.75) is 45.4 Å². The normalized spacial score (nSPS) is 21.8. The number of ether oxygens (including phenoxy) is 1. The lowest BCUT2D eigenvalue weighted by Crippen LogP contribution is -2.57. The van der Waals surface area contributed by atoms with Crippen LogP contribution >= 0.6 is 0 Å². The van der Waals surface area contributed by atoms with Gasteiger partial charge in [0, 0.05) is 31.2 Å². The van der Waals surface area contributed by atoms with E-state index >= 15 is 0 Å². The number of nitro groups is 2. The van der Waals surface area contributed by atoms with Crippen molar-refractivity contribution in [3.8, 4) is 0 Å². The van der Waals surface area contributed by atoms with Crippen LogP contribution in [0, 0.1) is 20.2 Å². The first-order valence-electron chi connectivity index (χ1n) is 8.17. The molecule has 1 aromatic rings. The van der Waals surface area contributed by atoms with Gasteiger partial charge in [-0.2, -0.15) is 0 Å². The molecule has 1 fully saturated rings. The molecular formula is C16H24N4O5. The van der Waals surface area contributed by atoms with Crippen LogP contribution in [0.15, 0.2) is 18.2 Å². The summed E-state index contributed by atoms with van der Waals surface area (Å²) in [6.07, 6.45) is 0.244. The van der Waals surface area contributed by atoms with Crippen molar-refractivity contribution < 1.29 is 14.6 Å². The van der Waals surface area contributed by atoms with Crippen molar-refractivity contribution in [1.82, 2.24) is 4.90 Å². The van der Waals surface area contributed by atoms with Crippen LogP contribution in [0.25, 0.3) is 0 Å². The van der Waals surface area contributed by atoms with Crippen LogP contribution in [0.2, 0.25) is 0 Å². The van der Waals surface area contributed by atoms with Gasteiger partial charge in [-0.05, 0) is 33.8 Å². The summed E-state index contributed by atoms with van der Waals surface area (Å²) < 4.78 is 5.75. The summed E-state index contributed by atoms with van der Waals surface area (Å²) in [4.78, 5) is 23.1. The molecule has 9 heteroatoms. The fourth-order valence-corrected chi connectivity index (χ4v) is 3.03. The van der Waals surface area contributed by atoms with E-state index in [-0.39, 0.29) is 34.8 Å². The number of nitrogens with one attached hydrogen (secondary N) is 1. The lowest BCUT2D eigenvalue weighted by atomic mass is 10.00. The van der Waals surface area contributed by atoms with Crippen molar-refractivity contribution in [2.24, 2.45) is 0 Å². The van der Waals surface area contributed by atoms with Gasteiger partial charge in [0.05, 0.1) is 28.1 Å². The predicted octanol–water partition coefficient (Wildman–Crippen LogP) is 2.80. The lowest BCUT2D eigenvalue weighted by molar-refractivity contribution is -0.393. The van der Waals surface area contributed by atoms with E-state index in [1.165, 1.54) is 12.1 Å². The Labute approximate surface area is 146 Å². The molecular weight excluding hydrogens is 328 g/mol. The number of nitrogens with zero attached hydrogens (tertiary/aromatic N) is 3. The molecule has 1 aliphatic heterocycles. The molecule has 9 nitrogen and oxygen atoms in total.